The maximum atomic E-state index is 12.9. The first kappa shape index (κ1) is 110. The summed E-state index contributed by atoms with van der Waals surface area (Å²) in [5, 5.41) is 44.9. The number of aliphatic hydroxyl groups is 2. The van der Waals surface area contributed by atoms with Gasteiger partial charge in [0.1, 0.15) is 17.0 Å². The third kappa shape index (κ3) is 27.8. The van der Waals surface area contributed by atoms with Gasteiger partial charge in [-0.3, -0.25) is 43.5 Å². The first-order valence-electron chi connectivity index (χ1n) is 48.4. The molecule has 7 amide bonds. The molecule has 6 aromatic carbocycles. The van der Waals surface area contributed by atoms with E-state index in [0.717, 1.165) is 116 Å². The molecule has 12 fully saturated rings. The van der Waals surface area contributed by atoms with Crippen LogP contribution in [0.1, 0.15) is 182 Å². The number of amides is 7. The number of hydrogen-bond donors (Lipinski definition) is 6. The molecular weight excluding hydrogens is 1900 g/mol. The molecule has 8 aliphatic heterocycles. The van der Waals surface area contributed by atoms with E-state index in [1.54, 1.807) is 125 Å². The lowest BCUT2D eigenvalue weighted by Crippen LogP contribution is -2.71. The molecule has 28 nitrogen and oxygen atoms in total. The lowest BCUT2D eigenvalue weighted by molar-refractivity contribution is -0.192. The number of hydrogen-bond acceptors (Lipinski definition) is 19. The van der Waals surface area contributed by atoms with E-state index in [4.69, 9.17) is 70.9 Å². The van der Waals surface area contributed by atoms with E-state index >= 15 is 0 Å². The zero-order valence-electron chi connectivity index (χ0n) is 83.8. The maximum absolute atomic E-state index is 12.9. The van der Waals surface area contributed by atoms with Crippen molar-refractivity contribution in [2.24, 2.45) is 45.3 Å². The molecule has 2 atom stereocenters. The predicted octanol–water partition coefficient (Wildman–Crippen LogP) is 14.6. The highest BCUT2D eigenvalue weighted by atomic mass is 35.5. The normalized spacial score (nSPS) is 21.0. The summed E-state index contributed by atoms with van der Waals surface area (Å²) in [5.41, 5.74) is 5.35. The van der Waals surface area contributed by atoms with Crippen LogP contribution < -0.4 is 10.6 Å². The van der Waals surface area contributed by atoms with Crippen molar-refractivity contribution in [1.82, 2.24) is 59.6 Å². The number of carboxylic acid groups (broad SMARTS) is 2. The maximum Gasteiger partial charge on any atom is 0.490 e. The molecule has 768 valence electrons. The number of benzene rings is 6. The Bertz CT molecular complexity index is 5460. The molecule has 8 saturated heterocycles. The van der Waals surface area contributed by atoms with Crippen LogP contribution in [0.25, 0.3) is 0 Å². The summed E-state index contributed by atoms with van der Waals surface area (Å²) in [7, 11) is 13.9. The van der Waals surface area contributed by atoms with Gasteiger partial charge in [0.05, 0.1) is 42.3 Å². The van der Waals surface area contributed by atoms with Crippen molar-refractivity contribution in [3.05, 3.63) is 209 Å². The Morgan fingerprint density at radius 2 is 0.667 bits per heavy atom. The molecule has 35 heteroatoms. The number of Topliss-reactive ketones (excluding diaryl/α,β-unsaturated/α-hetero) is 1. The highest BCUT2D eigenvalue weighted by Crippen LogP contribution is 2.55. The highest BCUT2D eigenvalue weighted by Gasteiger charge is 2.60. The van der Waals surface area contributed by atoms with Crippen LogP contribution in [-0.2, 0) is 65.5 Å². The van der Waals surface area contributed by atoms with E-state index < -0.39 is 40.5 Å². The quantitative estimate of drug-likeness (QED) is 0.0439. The average Bonchev–Trinajstić information content (AvgIpc) is 0.729. The summed E-state index contributed by atoms with van der Waals surface area (Å²) in [6.07, 6.45) is 7.24. The van der Waals surface area contributed by atoms with Crippen LogP contribution in [0.15, 0.2) is 133 Å². The summed E-state index contributed by atoms with van der Waals surface area (Å²) in [6, 6.07) is 42.8. The molecule has 4 aliphatic carbocycles. The van der Waals surface area contributed by atoms with Crippen LogP contribution in [0.2, 0.25) is 20.1 Å². The molecule has 2 unspecified atom stereocenters. The van der Waals surface area contributed by atoms with Crippen molar-refractivity contribution in [3.63, 3.8) is 0 Å². The minimum Gasteiger partial charge on any atom is -0.479 e. The monoisotopic (exact) mass is 2030 g/mol. The van der Waals surface area contributed by atoms with E-state index in [1.807, 2.05) is 136 Å². The zero-order chi connectivity index (χ0) is 103. The minimum absolute atomic E-state index is 0.0363. The fraction of sp³-hybridized carbons (Fsp3) is 0.566. The second kappa shape index (κ2) is 44.6. The number of halogens is 7. The number of rotatable bonds is 19. The minimum atomic E-state index is -5.08. The van der Waals surface area contributed by atoms with Gasteiger partial charge in [-0.2, -0.15) is 13.2 Å². The van der Waals surface area contributed by atoms with Crippen LogP contribution in [0.5, 0.6) is 0 Å². The molecule has 0 bridgehead atoms. The van der Waals surface area contributed by atoms with Gasteiger partial charge in [-0.05, 0) is 244 Å². The third-order valence-corrected chi connectivity index (χ3v) is 30.1. The zero-order valence-corrected chi connectivity index (χ0v) is 86.9. The van der Waals surface area contributed by atoms with Crippen LogP contribution in [0, 0.1) is 45.3 Å². The highest BCUT2D eigenvalue weighted by molar-refractivity contribution is 6.35. The van der Waals surface area contributed by atoms with Gasteiger partial charge in [0.2, 0.25) is 0 Å². The lowest BCUT2D eigenvalue weighted by Gasteiger charge is -2.63. The topological polar surface area (TPSA) is 327 Å². The summed E-state index contributed by atoms with van der Waals surface area (Å²) in [5.74, 6) is -1.41. The number of carbonyl (C=O) groups excluding carboxylic acids is 8. The van der Waals surface area contributed by atoms with Crippen LogP contribution in [-0.4, -0.2) is 325 Å². The van der Waals surface area contributed by atoms with Crippen LogP contribution >= 0.6 is 46.4 Å². The van der Waals surface area contributed by atoms with Gasteiger partial charge in [-0.1, -0.05) is 131 Å². The second-order valence-electron chi connectivity index (χ2n) is 44.4. The smallest absolute Gasteiger partial charge is 0.479 e. The Kier molecular flexibility index (Phi) is 34.9. The molecular formula is C106H139Cl4F3N12O16. The van der Waals surface area contributed by atoms with Gasteiger partial charge in [0.25, 0.3) is 29.5 Å². The SMILES string of the molecule is CC(C)(C)OC(=O)N1CC2(CC(=O)C2)C1.CC(O)(C(=O)O)c1ccccc1.CN(C)C(=O)c1ccc(CC2CN(C3CC4(C3)CN(C(=O)C(C)(O)c3ccccc3)C4)C2)cc1Cl.CN(C)C(=O)c1ccc(CC2CN(C3CC4(C3)CN(C(=O)OC(C)(C)C)C4)C2)cc1Cl.CN(C)C(=O)c1ccc(CC2CN(C3CC4(CNC4)C3)C2)cc1Cl.CN(C)C(=O)c1ccc(CC2CNC2)cc1Cl.O=C(O)C(F)(F)F. The Labute approximate surface area is 846 Å². The standard InChI is InChI=1S/C28H34ClN3O3.C24H34ClN3O3.C19H26ClN3O.C13H17ClN2O.C11H17NO3.C9H10O3.C2HF3O2/c1-27(35,21-7-5-4-6-8-21)26(34)32-17-28(18-32)13-22(14-28)31-15-20(16-31)11-19-9-10-23(24(29)12-19)25(33)30(2)3;1-23(2,3)31-22(30)28-14-24(15-28)10-18(11-24)27-12-17(13-27)8-16-6-7-19(20(25)9-16)21(29)26(4)5;1-22(2)18(24)16-4-3-13(6-17(16)20)5-14-9-23(10-14)15-7-19(8-15)11-21-12-19;1-16(2)13(17)11-4-3-9(6-12(11)14)5-10-7-15-8-10;1-10(2,3)15-9(14)12-6-11(7-12)4-8(13)5-11;1-9(12,8(10)11)7-5-3-2-4-6-7;3-2(4,5)1(6)7/h4-10,12,20,22,35H,11,13-18H2,1-3H3;6-7,9,17-18H,8,10-15H2,1-5H3;3-4,6,14-15,21H,5,7-12H2,1-2H3;3-4,6,10,15H,5,7-8H2,1-2H3;4-7H2,1-3H3;2-6,12H,1H3,(H,10,11);(H,6,7). The van der Waals surface area contributed by atoms with Crippen LogP contribution in [0.3, 0.4) is 0 Å². The summed E-state index contributed by atoms with van der Waals surface area (Å²) in [4.78, 5) is 134. The van der Waals surface area contributed by atoms with Gasteiger partial charge in [-0.15, -0.1) is 0 Å². The summed E-state index contributed by atoms with van der Waals surface area (Å²) >= 11 is 25.2. The van der Waals surface area contributed by atoms with Gasteiger partial charge < -0.3 is 74.8 Å². The number of ether oxygens (including phenoxy) is 2. The van der Waals surface area contributed by atoms with Crippen molar-refractivity contribution >= 4 is 106 Å². The van der Waals surface area contributed by atoms with Crippen molar-refractivity contribution in [2.45, 2.75) is 179 Å². The number of nitrogens with one attached hydrogen (secondary N) is 2. The summed E-state index contributed by atoms with van der Waals surface area (Å²) < 4.78 is 42.4. The Balaban J connectivity index is 0.000000154. The number of nitrogens with zero attached hydrogens (tertiary/aromatic N) is 10. The Hall–Kier alpha value is -9.51. The first-order chi connectivity index (χ1) is 65.8. The second-order valence-corrected chi connectivity index (χ2v) is 46.0. The number of ketones is 1. The molecule has 6 aromatic rings. The fourth-order valence-electron chi connectivity index (χ4n) is 20.6. The van der Waals surface area contributed by atoms with Gasteiger partial charge in [0, 0.05) is 195 Å². The van der Waals surface area contributed by atoms with E-state index in [2.05, 4.69) is 31.4 Å². The van der Waals surface area contributed by atoms with E-state index in [1.165, 1.54) is 85.9 Å². The molecule has 18 rings (SSSR count). The molecule has 0 radical (unpaired) electrons. The molecule has 141 heavy (non-hydrogen) atoms. The summed E-state index contributed by atoms with van der Waals surface area (Å²) in [6.45, 7) is 30.2. The Morgan fingerprint density at radius 1 is 0.390 bits per heavy atom. The lowest BCUT2D eigenvalue weighted by atomic mass is 9.59. The first-order valence-corrected chi connectivity index (χ1v) is 49.9. The third-order valence-electron chi connectivity index (χ3n) is 28.8. The van der Waals surface area contributed by atoms with Crippen molar-refractivity contribution in [2.75, 3.05) is 161 Å². The number of likely N-dealkylation sites (tertiary alicyclic amines) is 6. The fourth-order valence-corrected chi connectivity index (χ4v) is 21.8. The van der Waals surface area contributed by atoms with Gasteiger partial charge in [-0.25, -0.2) is 19.2 Å². The van der Waals surface area contributed by atoms with Crippen molar-refractivity contribution in [3.8, 4) is 0 Å². The van der Waals surface area contributed by atoms with Crippen molar-refractivity contribution in [1.29, 1.82) is 0 Å². The number of carbonyl (C=O) groups is 10. The number of alkyl halides is 3. The van der Waals surface area contributed by atoms with E-state index in [-0.39, 0.29) is 52.6 Å². The number of carboxylic acids is 2. The van der Waals surface area contributed by atoms with E-state index in [0.29, 0.717) is 126 Å². The van der Waals surface area contributed by atoms with Crippen LogP contribution in [0.4, 0.5) is 22.8 Å². The largest absolute Gasteiger partial charge is 0.490 e. The molecule has 12 aliphatic rings. The molecule has 8 heterocycles. The molecule has 4 spiro atoms. The molecule has 0 aromatic heterocycles. The Morgan fingerprint density at radius 3 is 0.908 bits per heavy atom. The average molecular weight is 2040 g/mol. The molecule has 6 N–H and O–H groups in total. The van der Waals surface area contributed by atoms with Gasteiger partial charge in [0.15, 0.2) is 11.2 Å². The van der Waals surface area contributed by atoms with Crippen molar-refractivity contribution < 1.29 is 91.0 Å². The molecule has 4 saturated carbocycles. The van der Waals surface area contributed by atoms with Gasteiger partial charge >= 0.3 is 30.3 Å². The van der Waals surface area contributed by atoms with E-state index in [9.17, 15) is 66.5 Å². The predicted molar refractivity (Wildman–Crippen MR) is 536 cm³/mol. The number of aliphatic carboxylic acids is 2.